The van der Waals surface area contributed by atoms with Gasteiger partial charge in [0.2, 0.25) is 0 Å². The lowest BCUT2D eigenvalue weighted by Crippen LogP contribution is -2.23. The molecule has 82 valence electrons. The molecule has 0 saturated heterocycles. The van der Waals surface area contributed by atoms with E-state index in [1.165, 1.54) is 10.4 Å². The molecule has 0 radical (unpaired) electrons. The van der Waals surface area contributed by atoms with Crippen molar-refractivity contribution in [2.24, 2.45) is 0 Å². The number of hydrogen-bond donors (Lipinski definition) is 1. The van der Waals surface area contributed by atoms with Gasteiger partial charge in [-0.1, -0.05) is 12.1 Å². The fourth-order valence-corrected chi connectivity index (χ4v) is 2.68. The van der Waals surface area contributed by atoms with Crippen molar-refractivity contribution in [1.29, 1.82) is 0 Å². The third-order valence-corrected chi connectivity index (χ3v) is 3.74. The first-order valence-corrected chi connectivity index (χ1v) is 6.24. The van der Waals surface area contributed by atoms with Crippen molar-refractivity contribution >= 4 is 17.0 Å². The molecular formula is C13H13NOS. The van der Waals surface area contributed by atoms with Crippen LogP contribution in [0.5, 0.6) is 5.75 Å². The van der Waals surface area contributed by atoms with Crippen LogP contribution in [0.2, 0.25) is 0 Å². The van der Waals surface area contributed by atoms with Crippen LogP contribution >= 0.6 is 11.3 Å². The number of aryl methyl sites for hydroxylation is 1. The van der Waals surface area contributed by atoms with Gasteiger partial charge in [0.05, 0.1) is 11.7 Å². The molecule has 0 amide bonds. The molecule has 1 N–H and O–H groups in total. The van der Waals surface area contributed by atoms with Gasteiger partial charge in [-0.25, -0.2) is 0 Å². The van der Waals surface area contributed by atoms with E-state index in [1.54, 1.807) is 11.3 Å². The first kappa shape index (κ1) is 9.73. The van der Waals surface area contributed by atoms with Crippen molar-refractivity contribution in [1.82, 2.24) is 0 Å². The second kappa shape index (κ2) is 3.83. The minimum absolute atomic E-state index is 0.287. The Morgan fingerprint density at radius 2 is 2.31 bits per heavy atom. The molecule has 0 aliphatic carbocycles. The van der Waals surface area contributed by atoms with Gasteiger partial charge in [-0.15, -0.1) is 11.3 Å². The molecule has 2 heterocycles. The van der Waals surface area contributed by atoms with Gasteiger partial charge in [-0.2, -0.15) is 0 Å². The highest BCUT2D eigenvalue weighted by molar-refractivity contribution is 7.10. The molecular weight excluding hydrogens is 218 g/mol. The third-order valence-electron chi connectivity index (χ3n) is 2.76. The van der Waals surface area contributed by atoms with Crippen LogP contribution in [0.4, 0.5) is 5.69 Å². The van der Waals surface area contributed by atoms with Crippen LogP contribution in [0.3, 0.4) is 0 Å². The van der Waals surface area contributed by atoms with Crippen molar-refractivity contribution in [3.8, 4) is 5.75 Å². The number of benzene rings is 1. The fraction of sp³-hybridized carbons (Fsp3) is 0.231. The predicted molar refractivity (Wildman–Crippen MR) is 67.4 cm³/mol. The summed E-state index contributed by atoms with van der Waals surface area (Å²) >= 11 is 1.76. The van der Waals surface area contributed by atoms with Gasteiger partial charge >= 0.3 is 0 Å². The lowest BCUT2D eigenvalue weighted by Gasteiger charge is -2.27. The Hall–Kier alpha value is -1.48. The van der Waals surface area contributed by atoms with Crippen LogP contribution in [0.25, 0.3) is 0 Å². The van der Waals surface area contributed by atoms with E-state index in [4.69, 9.17) is 4.74 Å². The van der Waals surface area contributed by atoms with E-state index in [1.807, 2.05) is 0 Å². The number of fused-ring (bicyclic) bond motifs is 1. The molecule has 0 bridgehead atoms. The van der Waals surface area contributed by atoms with Gasteiger partial charge in [0.1, 0.15) is 12.4 Å². The molecule has 0 spiro atoms. The summed E-state index contributed by atoms with van der Waals surface area (Å²) in [5.74, 6) is 0.966. The first-order valence-electron chi connectivity index (χ1n) is 5.36. The van der Waals surface area contributed by atoms with E-state index in [0.717, 1.165) is 11.4 Å². The van der Waals surface area contributed by atoms with Crippen LogP contribution in [0.1, 0.15) is 16.5 Å². The largest absolute Gasteiger partial charge is 0.489 e. The molecule has 3 heteroatoms. The van der Waals surface area contributed by atoms with Gasteiger partial charge in [-0.3, -0.25) is 0 Å². The molecule has 1 aromatic heterocycles. The molecule has 0 unspecified atom stereocenters. The Kier molecular flexibility index (Phi) is 2.33. The van der Waals surface area contributed by atoms with Crippen LogP contribution in [-0.2, 0) is 0 Å². The van der Waals surface area contributed by atoms with Crippen LogP contribution < -0.4 is 10.1 Å². The smallest absolute Gasteiger partial charge is 0.142 e. The third kappa shape index (κ3) is 1.67. The minimum Gasteiger partial charge on any atom is -0.489 e. The molecule has 1 aromatic carbocycles. The zero-order valence-electron chi connectivity index (χ0n) is 9.07. The zero-order valence-corrected chi connectivity index (χ0v) is 9.88. The number of ether oxygens (including phenoxy) is 1. The van der Waals surface area contributed by atoms with Crippen LogP contribution in [-0.4, -0.2) is 6.61 Å². The quantitative estimate of drug-likeness (QED) is 0.809. The van der Waals surface area contributed by atoms with Crippen molar-refractivity contribution in [2.45, 2.75) is 13.0 Å². The maximum absolute atomic E-state index is 5.78. The average Bonchev–Trinajstić information content (AvgIpc) is 2.82. The number of thiophene rings is 1. The van der Waals surface area contributed by atoms with Gasteiger partial charge in [0.15, 0.2) is 0 Å². The number of hydrogen-bond acceptors (Lipinski definition) is 3. The maximum atomic E-state index is 5.78. The van der Waals surface area contributed by atoms with Crippen LogP contribution in [0.15, 0.2) is 35.7 Å². The Labute approximate surface area is 98.9 Å². The van der Waals surface area contributed by atoms with Crippen molar-refractivity contribution in [2.75, 3.05) is 11.9 Å². The maximum Gasteiger partial charge on any atom is 0.142 e. The Morgan fingerprint density at radius 1 is 1.38 bits per heavy atom. The molecule has 0 fully saturated rings. The molecule has 2 nitrogen and oxygen atoms in total. The van der Waals surface area contributed by atoms with Crippen molar-refractivity contribution < 1.29 is 4.74 Å². The summed E-state index contributed by atoms with van der Waals surface area (Å²) < 4.78 is 5.78. The summed E-state index contributed by atoms with van der Waals surface area (Å²) in [4.78, 5) is 1.33. The van der Waals surface area contributed by atoms with Gasteiger partial charge in [0, 0.05) is 4.88 Å². The molecule has 2 aromatic rings. The van der Waals surface area contributed by atoms with Gasteiger partial charge in [-0.05, 0) is 36.1 Å². The van der Waals surface area contributed by atoms with Gasteiger partial charge in [0.25, 0.3) is 0 Å². The SMILES string of the molecule is Cc1ccc2c(c1)OC[C@@H](c1cccs1)N2. The number of anilines is 1. The number of rotatable bonds is 1. The standard InChI is InChI=1S/C13H13NOS/c1-9-4-5-10-12(7-9)15-8-11(14-10)13-3-2-6-16-13/h2-7,11,14H,8H2,1H3/t11-/m0/s1. The van der Waals surface area contributed by atoms with E-state index in [-0.39, 0.29) is 6.04 Å². The molecule has 1 aliphatic heterocycles. The van der Waals surface area contributed by atoms with Crippen LogP contribution in [0, 0.1) is 6.92 Å². The summed E-state index contributed by atoms with van der Waals surface area (Å²) in [5.41, 5.74) is 2.32. The summed E-state index contributed by atoms with van der Waals surface area (Å²) in [6.45, 7) is 2.78. The average molecular weight is 231 g/mol. The van der Waals surface area contributed by atoms with E-state index < -0.39 is 0 Å². The molecule has 16 heavy (non-hydrogen) atoms. The van der Waals surface area contributed by atoms with E-state index in [9.17, 15) is 0 Å². The van der Waals surface area contributed by atoms with E-state index >= 15 is 0 Å². The number of nitrogens with one attached hydrogen (secondary N) is 1. The molecule has 0 saturated carbocycles. The lowest BCUT2D eigenvalue weighted by molar-refractivity contribution is 0.288. The first-order chi connectivity index (χ1) is 7.83. The molecule has 1 atom stereocenters. The highest BCUT2D eigenvalue weighted by Gasteiger charge is 2.20. The predicted octanol–water partition coefficient (Wildman–Crippen LogP) is 3.60. The Balaban J connectivity index is 1.89. The van der Waals surface area contributed by atoms with Crippen molar-refractivity contribution in [3.05, 3.63) is 46.2 Å². The highest BCUT2D eigenvalue weighted by atomic mass is 32.1. The Morgan fingerprint density at radius 3 is 3.12 bits per heavy atom. The monoisotopic (exact) mass is 231 g/mol. The fourth-order valence-electron chi connectivity index (χ4n) is 1.91. The lowest BCUT2D eigenvalue weighted by atomic mass is 10.1. The van der Waals surface area contributed by atoms with Gasteiger partial charge < -0.3 is 10.1 Å². The zero-order chi connectivity index (χ0) is 11.0. The second-order valence-corrected chi connectivity index (χ2v) is 5.00. The molecule has 1 aliphatic rings. The second-order valence-electron chi connectivity index (χ2n) is 4.02. The minimum atomic E-state index is 0.287. The van der Waals surface area contributed by atoms with E-state index in [2.05, 4.69) is 48.0 Å². The normalized spacial score (nSPS) is 18.4. The topological polar surface area (TPSA) is 21.3 Å². The van der Waals surface area contributed by atoms with E-state index in [0.29, 0.717) is 6.61 Å². The highest BCUT2D eigenvalue weighted by Crippen LogP contribution is 2.35. The summed E-state index contributed by atoms with van der Waals surface area (Å²) in [5, 5.41) is 5.61. The summed E-state index contributed by atoms with van der Waals surface area (Å²) in [6.07, 6.45) is 0. The summed E-state index contributed by atoms with van der Waals surface area (Å²) in [7, 11) is 0. The molecule has 3 rings (SSSR count). The summed E-state index contributed by atoms with van der Waals surface area (Å²) in [6, 6.07) is 10.8. The van der Waals surface area contributed by atoms with Crippen molar-refractivity contribution in [3.63, 3.8) is 0 Å². The Bertz CT molecular complexity index is 493.